The molecule has 0 unspecified atom stereocenters. The van der Waals surface area contributed by atoms with Crippen LogP contribution in [-0.4, -0.2) is 15.8 Å². The molecule has 0 fully saturated rings. The highest BCUT2D eigenvalue weighted by Gasteiger charge is 2.47. The molecule has 0 amide bonds. The lowest BCUT2D eigenvalue weighted by Gasteiger charge is -2.47. The van der Waals surface area contributed by atoms with Gasteiger partial charge in [-0.25, -0.2) is 0 Å². The number of fused-ring (bicyclic) bond motifs is 10. The first-order valence-corrected chi connectivity index (χ1v) is 35.4. The van der Waals surface area contributed by atoms with Crippen LogP contribution in [0.1, 0.15) is 120 Å². The van der Waals surface area contributed by atoms with Crippen molar-refractivity contribution < 1.29 is 41.1 Å². The lowest BCUT2D eigenvalue weighted by Crippen LogP contribution is -2.61. The summed E-state index contributed by atoms with van der Waals surface area (Å²) in [6.07, 6.45) is 0. The third kappa shape index (κ3) is 10.8. The van der Waals surface area contributed by atoms with Crippen molar-refractivity contribution in [2.24, 2.45) is 0 Å². The van der Waals surface area contributed by atoms with Gasteiger partial charge in [0.2, 0.25) is 0 Å². The molecule has 0 aliphatic carbocycles. The van der Waals surface area contributed by atoms with E-state index in [-0.39, 0.29) is 39.1 Å². The van der Waals surface area contributed by atoms with Gasteiger partial charge in [-0.05, 0) is 155 Å². The average molecular weight is 1410 g/mol. The molecule has 0 bridgehead atoms. The van der Waals surface area contributed by atoms with Crippen LogP contribution in [0.3, 0.4) is 0 Å². The maximum absolute atomic E-state index is 12.1. The molecule has 15 aromatic carbocycles. The van der Waals surface area contributed by atoms with Crippen molar-refractivity contribution in [2.45, 2.75) is 78.6 Å². The van der Waals surface area contributed by atoms with E-state index in [0.29, 0.717) is 61.4 Å². The van der Waals surface area contributed by atoms with E-state index in [1.54, 1.807) is 9.80 Å². The van der Waals surface area contributed by atoms with Gasteiger partial charge >= 0.3 is 0 Å². The van der Waals surface area contributed by atoms with Crippen LogP contribution >= 0.6 is 0 Å². The van der Waals surface area contributed by atoms with Crippen LogP contribution in [0.2, 0.25) is 0 Å². The molecule has 5 heteroatoms. The Morgan fingerprint density at radius 1 is 0.280 bits per heavy atom. The van der Waals surface area contributed by atoms with E-state index < -0.39 is 281 Å². The van der Waals surface area contributed by atoms with E-state index in [1.807, 2.05) is 220 Å². The summed E-state index contributed by atoms with van der Waals surface area (Å²) in [6, 6.07) is 22.4. The lowest BCUT2D eigenvalue weighted by atomic mass is 9.33. The second-order valence-corrected chi connectivity index (χ2v) is 30.1. The minimum absolute atomic E-state index is 0.175. The Labute approximate surface area is 671 Å². The maximum Gasteiger partial charge on any atom is 0.252 e. The summed E-state index contributed by atoms with van der Waals surface area (Å²) in [5, 5.41) is -2.15. The summed E-state index contributed by atoms with van der Waals surface area (Å²) < 4.78 is 303. The van der Waals surface area contributed by atoms with Crippen LogP contribution in [0.15, 0.2) is 339 Å². The zero-order chi connectivity index (χ0) is 98.7. The molecule has 107 heavy (non-hydrogen) atoms. The Morgan fingerprint density at radius 2 is 0.598 bits per heavy atom. The number of hydrogen-bond acceptors (Lipinski definition) is 2. The Bertz CT molecular complexity index is 7620. The standard InChI is InChI=1S/C102H83BN4/c1-100(2,3)72-58-83(68-38-20-12-21-39-68)98(84(59-72)69-40-22-13-23-41-69)106-91-64-75(104-89-52-30-28-46-79(89)81-50-32-48-77(96(81)104)66-34-16-10-17-35-66)54-56-87(91)103-88-57-55-76(105-90-53-31-29-47-80(90)82-51-33-49-78(97(82)105)67-36-18-11-19-37-67)65-92(88)107(94-63-74(102(7,8)9)62-93(106)95(94)103)99-85(70-42-24-14-25-43-70)60-73(101(4,5)6)61-86(99)71-44-26-15-27-45-71/h10-65H,1-9H3/i10D,11D,16D,17D,18D,19D,28D,29D,30D,31D,32D,33D,34D,35D,36D,37D,46D,47D,48D,49D,50D,51D,52D,53D,54D,55D,56D,57D,64D,65D. The summed E-state index contributed by atoms with van der Waals surface area (Å²) in [5.41, 5.74) is -2.93. The molecular formula is C102H83BN4. The Morgan fingerprint density at radius 3 is 0.944 bits per heavy atom. The molecule has 17 aromatic rings. The summed E-state index contributed by atoms with van der Waals surface area (Å²) >= 11 is 0. The fraction of sp³-hybridized carbons (Fsp3) is 0.118. The molecule has 2 aromatic heterocycles. The van der Waals surface area contributed by atoms with E-state index in [9.17, 15) is 32.9 Å². The topological polar surface area (TPSA) is 16.3 Å². The number of aromatic nitrogens is 2. The first-order chi connectivity index (χ1) is 64.5. The highest BCUT2D eigenvalue weighted by Crippen LogP contribution is 2.56. The zero-order valence-electron chi connectivity index (χ0n) is 89.9. The molecule has 0 N–H and O–H groups in total. The van der Waals surface area contributed by atoms with E-state index >= 15 is 0 Å². The van der Waals surface area contributed by atoms with Gasteiger partial charge in [-0.3, -0.25) is 0 Å². The van der Waals surface area contributed by atoms with Gasteiger partial charge in [0.15, 0.2) is 0 Å². The largest absolute Gasteiger partial charge is 0.310 e. The average Bonchev–Trinajstić information content (AvgIpc) is 1.13. The summed E-state index contributed by atoms with van der Waals surface area (Å²) in [7, 11) is 0. The van der Waals surface area contributed by atoms with Crippen molar-refractivity contribution in [2.75, 3.05) is 9.80 Å². The minimum Gasteiger partial charge on any atom is -0.310 e. The molecule has 4 nitrogen and oxygen atoms in total. The van der Waals surface area contributed by atoms with Gasteiger partial charge in [0.1, 0.15) is 0 Å². The second kappa shape index (κ2) is 25.1. The highest BCUT2D eigenvalue weighted by molar-refractivity contribution is 7.00. The fourth-order valence-corrected chi connectivity index (χ4v) is 15.3. The molecule has 0 saturated heterocycles. The van der Waals surface area contributed by atoms with Crippen molar-refractivity contribution in [3.8, 4) is 78.1 Å². The Balaban J connectivity index is 1.12. The summed E-state index contributed by atoms with van der Waals surface area (Å²) in [5.74, 6) is 0. The number of rotatable bonds is 10. The molecule has 0 spiro atoms. The first kappa shape index (κ1) is 40.7. The third-order valence-electron chi connectivity index (χ3n) is 20.5. The number of nitrogens with zero attached hydrogens (tertiary/aromatic N) is 4. The van der Waals surface area contributed by atoms with Gasteiger partial charge in [-0.15, -0.1) is 0 Å². The highest BCUT2D eigenvalue weighted by atomic mass is 15.2. The van der Waals surface area contributed by atoms with Gasteiger partial charge in [0.25, 0.3) is 6.71 Å². The summed E-state index contributed by atoms with van der Waals surface area (Å²) in [6.45, 7) is 16.3. The maximum atomic E-state index is 12.1. The van der Waals surface area contributed by atoms with Crippen LogP contribution in [0.5, 0.6) is 0 Å². The molecule has 19 rings (SSSR count). The molecule has 4 heterocycles. The monoisotopic (exact) mass is 1400 g/mol. The smallest absolute Gasteiger partial charge is 0.252 e. The SMILES string of the molecule is [2H]c1c([2H])c([2H])c(-c2c([2H])c([2H])c([2H])c3c4c([2H])c([2H])c([2H])c([2H])c4n(-c4c([2H])c([2H])c5c(c4[2H])N(c4c(-c6ccccc6)cc(C(C)(C)C)cc4-c4ccccc4)c4cc(C(C)(C)C)cc6c4B5c4c([2H])c([2H])c(-n5c7c([2H])c([2H])c([2H])c([2H])c7c7c([2H])c([2H])c([2H])c(-c8c([2H])c([2H])c([2H])c([2H])c8[2H])c75)c([2H])c4N6c4c(-c5ccccc5)cc(C(C)(C)C)cc4-c4ccccc4)c23)c([2H])c1[2H]. The van der Waals surface area contributed by atoms with Gasteiger partial charge in [0, 0.05) is 89.0 Å². The van der Waals surface area contributed by atoms with Crippen LogP contribution in [-0.2, 0) is 16.2 Å². The molecule has 0 saturated carbocycles. The second-order valence-electron chi connectivity index (χ2n) is 30.1. The molecule has 2 aliphatic rings. The predicted molar refractivity (Wildman–Crippen MR) is 458 cm³/mol. The van der Waals surface area contributed by atoms with Crippen molar-refractivity contribution >= 4 is 101 Å². The molecule has 0 radical (unpaired) electrons. The van der Waals surface area contributed by atoms with E-state index in [2.05, 4.69) is 0 Å². The van der Waals surface area contributed by atoms with E-state index in [4.69, 9.17) is 8.22 Å². The van der Waals surface area contributed by atoms with Crippen LogP contribution in [0.4, 0.5) is 34.1 Å². The van der Waals surface area contributed by atoms with Crippen molar-refractivity contribution in [1.82, 2.24) is 9.13 Å². The Hall–Kier alpha value is -12.4. The van der Waals surface area contributed by atoms with Crippen LogP contribution < -0.4 is 26.2 Å². The van der Waals surface area contributed by atoms with E-state index in [1.165, 1.54) is 0 Å². The van der Waals surface area contributed by atoms with Gasteiger partial charge in [0.05, 0.1) is 74.6 Å². The normalized spacial score (nSPS) is 16.8. The number of para-hydroxylation sites is 4. The number of benzene rings is 15. The first-order valence-electron chi connectivity index (χ1n) is 50.4. The number of hydrogen-bond donors (Lipinski definition) is 0. The zero-order valence-corrected chi connectivity index (χ0v) is 59.9. The van der Waals surface area contributed by atoms with Gasteiger partial charge in [-0.1, -0.05) is 329 Å². The third-order valence-corrected chi connectivity index (χ3v) is 20.5. The summed E-state index contributed by atoms with van der Waals surface area (Å²) in [4.78, 5) is 3.58. The Kier molecular flexibility index (Phi) is 9.57. The van der Waals surface area contributed by atoms with Crippen LogP contribution in [0, 0.1) is 0 Å². The lowest BCUT2D eigenvalue weighted by molar-refractivity contribution is 0.590. The predicted octanol–water partition coefficient (Wildman–Crippen LogP) is 25.9. The van der Waals surface area contributed by atoms with Crippen molar-refractivity contribution in [1.29, 1.82) is 0 Å². The van der Waals surface area contributed by atoms with Gasteiger partial charge in [-0.2, -0.15) is 0 Å². The number of anilines is 6. The minimum atomic E-state index is -1.84. The van der Waals surface area contributed by atoms with Gasteiger partial charge < -0.3 is 18.9 Å². The molecule has 2 aliphatic heterocycles. The van der Waals surface area contributed by atoms with E-state index in [0.717, 1.165) is 20.3 Å². The molecule has 0 atom stereocenters. The van der Waals surface area contributed by atoms with Crippen molar-refractivity contribution in [3.05, 3.63) is 356 Å². The molecule has 514 valence electrons. The molecular weight excluding hydrogens is 1290 g/mol. The van der Waals surface area contributed by atoms with Crippen LogP contribution in [0.25, 0.3) is 122 Å². The van der Waals surface area contributed by atoms with Crippen molar-refractivity contribution in [3.63, 3.8) is 0 Å². The fourth-order valence-electron chi connectivity index (χ4n) is 15.3. The quantitative estimate of drug-likeness (QED) is 0.127.